The van der Waals surface area contributed by atoms with E-state index >= 15 is 0 Å². The minimum atomic E-state index is 0. The number of hydrogen-bond donors (Lipinski definition) is 1. The molecule has 0 aliphatic heterocycles. The van der Waals surface area contributed by atoms with Crippen LogP contribution in [-0.4, -0.2) is 36.1 Å². The van der Waals surface area contributed by atoms with Crippen molar-refractivity contribution in [3.63, 3.8) is 0 Å². The molecule has 1 N–H and O–H groups in total. The summed E-state index contributed by atoms with van der Waals surface area (Å²) in [5, 5.41) is 7.00. The zero-order valence-corrected chi connectivity index (χ0v) is 15.0. The summed E-state index contributed by atoms with van der Waals surface area (Å²) in [6, 6.07) is 0. The van der Waals surface area contributed by atoms with Crippen molar-refractivity contribution in [1.82, 2.24) is 0 Å². The summed E-state index contributed by atoms with van der Waals surface area (Å²) in [7, 11) is 1.00. The molecule has 0 rings (SSSR count). The van der Waals surface area contributed by atoms with Crippen LogP contribution in [0, 0.1) is 0 Å². The molecule has 96 valence electrons. The van der Waals surface area contributed by atoms with E-state index in [1.807, 2.05) is 0 Å². The quantitative estimate of drug-likeness (QED) is 0.749. The molecular weight excluding hydrogens is 291 g/mol. The summed E-state index contributed by atoms with van der Waals surface area (Å²) >= 11 is 0. The monoisotopic (exact) mass is 326 g/mol. The first-order chi connectivity index (χ1) is 6.74. The SMILES string of the molecule is CCCC.CCCC.CCCC.CO.[Sn]. The van der Waals surface area contributed by atoms with Gasteiger partial charge in [-0.3, -0.25) is 0 Å². The summed E-state index contributed by atoms with van der Waals surface area (Å²) < 4.78 is 0. The molecule has 1 nitrogen and oxygen atoms in total. The van der Waals surface area contributed by atoms with E-state index in [0.717, 1.165) is 7.11 Å². The predicted octanol–water partition coefficient (Wildman–Crippen LogP) is 4.65. The van der Waals surface area contributed by atoms with E-state index in [2.05, 4.69) is 41.5 Å². The molecule has 0 aliphatic carbocycles. The summed E-state index contributed by atoms with van der Waals surface area (Å²) in [5.74, 6) is 0. The molecule has 0 spiro atoms. The maximum absolute atomic E-state index is 7.00. The van der Waals surface area contributed by atoms with E-state index < -0.39 is 0 Å². The Bertz CT molecular complexity index is 26.0. The van der Waals surface area contributed by atoms with Crippen LogP contribution in [0.1, 0.15) is 80.1 Å². The van der Waals surface area contributed by atoms with Crippen molar-refractivity contribution in [3.8, 4) is 0 Å². The van der Waals surface area contributed by atoms with E-state index in [1.165, 1.54) is 38.5 Å². The first-order valence-corrected chi connectivity index (χ1v) is 6.19. The van der Waals surface area contributed by atoms with Crippen molar-refractivity contribution in [2.75, 3.05) is 7.11 Å². The molecule has 0 fully saturated rings. The Hall–Kier alpha value is 0.759. The number of aliphatic hydroxyl groups is 1. The van der Waals surface area contributed by atoms with Crippen molar-refractivity contribution in [3.05, 3.63) is 0 Å². The predicted molar refractivity (Wildman–Crippen MR) is 75.6 cm³/mol. The number of aliphatic hydroxyl groups excluding tert-OH is 1. The summed E-state index contributed by atoms with van der Waals surface area (Å²) in [5.41, 5.74) is 0. The first-order valence-electron chi connectivity index (χ1n) is 6.19. The largest absolute Gasteiger partial charge is 0.400 e. The third-order valence-corrected chi connectivity index (χ3v) is 1.50. The van der Waals surface area contributed by atoms with Crippen molar-refractivity contribution >= 4 is 23.9 Å². The zero-order chi connectivity index (χ0) is 12.2. The Kier molecular flexibility index (Phi) is 121. The van der Waals surface area contributed by atoms with Gasteiger partial charge in [0.25, 0.3) is 0 Å². The second-order valence-corrected chi connectivity index (χ2v) is 3.00. The van der Waals surface area contributed by atoms with Gasteiger partial charge in [0, 0.05) is 31.0 Å². The normalized spacial score (nSPS) is 6.40. The molecule has 0 saturated heterocycles. The molecule has 0 aromatic heterocycles. The van der Waals surface area contributed by atoms with Gasteiger partial charge in [0.05, 0.1) is 0 Å². The molecule has 0 saturated carbocycles. The Morgan fingerprint density at radius 3 is 0.533 bits per heavy atom. The van der Waals surface area contributed by atoms with Gasteiger partial charge in [-0.2, -0.15) is 0 Å². The Balaban J connectivity index is -0.0000000298. The van der Waals surface area contributed by atoms with Crippen LogP contribution in [0.15, 0.2) is 0 Å². The second kappa shape index (κ2) is 61.2. The van der Waals surface area contributed by atoms with Crippen LogP contribution in [0.2, 0.25) is 0 Å². The van der Waals surface area contributed by atoms with Crippen molar-refractivity contribution in [2.24, 2.45) is 0 Å². The van der Waals surface area contributed by atoms with Crippen LogP contribution in [0.4, 0.5) is 0 Å². The molecule has 0 unspecified atom stereocenters. The fourth-order valence-electron chi connectivity index (χ4n) is 0. The van der Waals surface area contributed by atoms with E-state index in [1.54, 1.807) is 0 Å². The molecule has 15 heavy (non-hydrogen) atoms. The second-order valence-electron chi connectivity index (χ2n) is 3.00. The van der Waals surface area contributed by atoms with Crippen LogP contribution in [0.25, 0.3) is 0 Å². The summed E-state index contributed by atoms with van der Waals surface area (Å²) in [6.07, 6.45) is 7.92. The minimum absolute atomic E-state index is 0. The molecule has 0 atom stereocenters. The van der Waals surface area contributed by atoms with Crippen LogP contribution in [0.3, 0.4) is 0 Å². The topological polar surface area (TPSA) is 20.2 Å². The van der Waals surface area contributed by atoms with Gasteiger partial charge in [0.1, 0.15) is 0 Å². The van der Waals surface area contributed by atoms with Crippen LogP contribution in [0.5, 0.6) is 0 Å². The summed E-state index contributed by atoms with van der Waals surface area (Å²) in [4.78, 5) is 0. The van der Waals surface area contributed by atoms with Crippen molar-refractivity contribution < 1.29 is 5.11 Å². The molecule has 2 heteroatoms. The molecular formula is C13H34OSn. The average Bonchev–Trinajstić information content (AvgIpc) is 2.31. The fourth-order valence-corrected chi connectivity index (χ4v) is 0. The first kappa shape index (κ1) is 29.7. The molecule has 0 amide bonds. The van der Waals surface area contributed by atoms with Gasteiger partial charge in [-0.05, 0) is 0 Å². The van der Waals surface area contributed by atoms with Gasteiger partial charge in [0.2, 0.25) is 0 Å². The Morgan fingerprint density at radius 1 is 0.467 bits per heavy atom. The van der Waals surface area contributed by atoms with Crippen LogP contribution >= 0.6 is 0 Å². The van der Waals surface area contributed by atoms with Gasteiger partial charge in [-0.1, -0.05) is 80.1 Å². The van der Waals surface area contributed by atoms with Gasteiger partial charge >= 0.3 is 0 Å². The van der Waals surface area contributed by atoms with Crippen molar-refractivity contribution in [2.45, 2.75) is 80.1 Å². The standard InChI is InChI=1S/3C4H10.CH4O.Sn/c3*1-3-4-2;1-2;/h3*3-4H2,1-2H3;2H,1H3;. The average molecular weight is 325 g/mol. The fraction of sp³-hybridized carbons (Fsp3) is 1.00. The van der Waals surface area contributed by atoms with Crippen LogP contribution < -0.4 is 0 Å². The number of unbranched alkanes of at least 4 members (excludes halogenated alkanes) is 3. The van der Waals surface area contributed by atoms with Crippen molar-refractivity contribution in [1.29, 1.82) is 0 Å². The van der Waals surface area contributed by atoms with Gasteiger partial charge in [0.15, 0.2) is 0 Å². The van der Waals surface area contributed by atoms with Crippen LogP contribution in [-0.2, 0) is 0 Å². The molecule has 0 aliphatic rings. The van der Waals surface area contributed by atoms with E-state index in [9.17, 15) is 0 Å². The molecule has 0 aromatic carbocycles. The van der Waals surface area contributed by atoms with E-state index in [-0.39, 0.29) is 23.9 Å². The smallest absolute Gasteiger partial charge is 0.0319 e. The molecule has 0 bridgehead atoms. The van der Waals surface area contributed by atoms with Gasteiger partial charge in [-0.25, -0.2) is 0 Å². The Labute approximate surface area is 116 Å². The molecule has 4 radical (unpaired) electrons. The maximum Gasteiger partial charge on any atom is 0.0319 e. The number of hydrogen-bond acceptors (Lipinski definition) is 1. The van der Waals surface area contributed by atoms with Gasteiger partial charge < -0.3 is 5.11 Å². The maximum atomic E-state index is 7.00. The van der Waals surface area contributed by atoms with Gasteiger partial charge in [-0.15, -0.1) is 0 Å². The third kappa shape index (κ3) is 170. The number of rotatable bonds is 3. The minimum Gasteiger partial charge on any atom is -0.400 e. The van der Waals surface area contributed by atoms with E-state index in [0.29, 0.717) is 0 Å². The van der Waals surface area contributed by atoms with E-state index in [4.69, 9.17) is 5.11 Å². The molecule has 0 aromatic rings. The molecule has 0 heterocycles. The Morgan fingerprint density at radius 2 is 0.533 bits per heavy atom. The third-order valence-electron chi connectivity index (χ3n) is 1.50. The summed E-state index contributed by atoms with van der Waals surface area (Å²) in [6.45, 7) is 13.1. The zero-order valence-electron chi connectivity index (χ0n) is 12.2.